The number of anilines is 1. The first kappa shape index (κ1) is 17.8. The van der Waals surface area contributed by atoms with Crippen molar-refractivity contribution in [1.29, 1.82) is 0 Å². The molecule has 1 fully saturated rings. The zero-order chi connectivity index (χ0) is 18.7. The lowest BCUT2D eigenvalue weighted by molar-refractivity contribution is -0.125. The molecule has 2 N–H and O–H groups in total. The number of carbonyl (C=O) groups excluding carboxylic acids is 3. The van der Waals surface area contributed by atoms with Crippen LogP contribution >= 0.6 is 0 Å². The van der Waals surface area contributed by atoms with Gasteiger partial charge in [0.2, 0.25) is 11.8 Å². The summed E-state index contributed by atoms with van der Waals surface area (Å²) in [6.07, 6.45) is 0.460. The van der Waals surface area contributed by atoms with Crippen LogP contribution in [-0.2, 0) is 16.1 Å². The second-order valence-electron chi connectivity index (χ2n) is 6.38. The van der Waals surface area contributed by atoms with Crippen LogP contribution in [0.4, 0.5) is 10.1 Å². The minimum absolute atomic E-state index is 0.0853. The van der Waals surface area contributed by atoms with Crippen molar-refractivity contribution in [2.45, 2.75) is 19.9 Å². The van der Waals surface area contributed by atoms with Crippen molar-refractivity contribution in [3.63, 3.8) is 0 Å². The van der Waals surface area contributed by atoms with Gasteiger partial charge in [0.15, 0.2) is 5.78 Å². The number of hydrogen-bond donors (Lipinski definition) is 2. The van der Waals surface area contributed by atoms with Gasteiger partial charge in [-0.3, -0.25) is 14.4 Å². The van der Waals surface area contributed by atoms with E-state index in [0.717, 1.165) is 0 Å². The van der Waals surface area contributed by atoms with Crippen LogP contribution in [0.2, 0.25) is 0 Å². The third-order valence-electron chi connectivity index (χ3n) is 4.41. The number of nitrogens with one attached hydrogen (secondary N) is 2. The maximum absolute atomic E-state index is 13.6. The molecule has 134 valence electrons. The largest absolute Gasteiger partial charge is 0.352 e. The molecular weight excluding hydrogens is 335 g/mol. The van der Waals surface area contributed by atoms with Gasteiger partial charge in [0.25, 0.3) is 0 Å². The molecule has 2 amide bonds. The molecule has 6 heteroatoms. The number of carbonyl (C=O) groups is 3. The average molecular weight is 354 g/mol. The molecule has 0 aromatic heterocycles. The third-order valence-corrected chi connectivity index (χ3v) is 4.41. The molecule has 0 saturated heterocycles. The van der Waals surface area contributed by atoms with Gasteiger partial charge in [-0.1, -0.05) is 30.3 Å². The van der Waals surface area contributed by atoms with E-state index >= 15 is 0 Å². The first-order valence-electron chi connectivity index (χ1n) is 8.38. The van der Waals surface area contributed by atoms with E-state index in [1.54, 1.807) is 42.5 Å². The topological polar surface area (TPSA) is 75.3 Å². The normalized spacial score (nSPS) is 18.1. The minimum Gasteiger partial charge on any atom is -0.352 e. The lowest BCUT2D eigenvalue weighted by Gasteiger charge is -2.07. The van der Waals surface area contributed by atoms with Crippen molar-refractivity contribution in [1.82, 2.24) is 5.32 Å². The van der Waals surface area contributed by atoms with E-state index in [2.05, 4.69) is 10.6 Å². The van der Waals surface area contributed by atoms with E-state index in [9.17, 15) is 18.8 Å². The highest BCUT2D eigenvalue weighted by Crippen LogP contribution is 2.39. The standard InChI is InChI=1S/C20H19FN2O3/c1-12(24)13-6-4-7-15(9-13)23-20(26)17-10-16(17)19(25)22-11-14-5-2-3-8-18(14)21/h2-9,16-17H,10-11H2,1H3,(H,22,25)(H,23,26). The van der Waals surface area contributed by atoms with Crippen LogP contribution < -0.4 is 10.6 Å². The summed E-state index contributed by atoms with van der Waals surface area (Å²) in [6.45, 7) is 1.55. The summed E-state index contributed by atoms with van der Waals surface area (Å²) in [5.41, 5.74) is 1.45. The Morgan fingerprint density at radius 3 is 2.50 bits per heavy atom. The second kappa shape index (κ2) is 7.47. The molecule has 2 aromatic carbocycles. The summed E-state index contributed by atoms with van der Waals surface area (Å²) in [5, 5.41) is 5.41. The first-order valence-corrected chi connectivity index (χ1v) is 8.38. The van der Waals surface area contributed by atoms with Crippen molar-refractivity contribution >= 4 is 23.3 Å². The number of halogens is 1. The predicted molar refractivity (Wildman–Crippen MR) is 94.9 cm³/mol. The van der Waals surface area contributed by atoms with Gasteiger partial charge in [0, 0.05) is 23.4 Å². The summed E-state index contributed by atoms with van der Waals surface area (Å²) in [7, 11) is 0. The van der Waals surface area contributed by atoms with Crippen molar-refractivity contribution < 1.29 is 18.8 Å². The third kappa shape index (κ3) is 4.14. The van der Waals surface area contributed by atoms with E-state index in [0.29, 0.717) is 23.2 Å². The molecule has 0 spiro atoms. The van der Waals surface area contributed by atoms with Gasteiger partial charge in [0.05, 0.1) is 11.8 Å². The quantitative estimate of drug-likeness (QED) is 0.783. The number of Topliss-reactive ketones (excluding diaryl/α,β-unsaturated/α-hetero) is 1. The summed E-state index contributed by atoms with van der Waals surface area (Å²) < 4.78 is 13.6. The highest BCUT2D eigenvalue weighted by Gasteiger charge is 2.47. The average Bonchev–Trinajstić information content (AvgIpc) is 3.42. The zero-order valence-corrected chi connectivity index (χ0v) is 14.3. The Morgan fingerprint density at radius 1 is 1.04 bits per heavy atom. The molecule has 2 aromatic rings. The van der Waals surface area contributed by atoms with Crippen molar-refractivity contribution in [2.24, 2.45) is 11.8 Å². The molecule has 1 aliphatic rings. The van der Waals surface area contributed by atoms with Gasteiger partial charge in [0.1, 0.15) is 5.82 Å². The van der Waals surface area contributed by atoms with Gasteiger partial charge in [-0.05, 0) is 31.5 Å². The summed E-state index contributed by atoms with van der Waals surface area (Å²) in [6, 6.07) is 12.9. The number of ketones is 1. The molecule has 0 aliphatic heterocycles. The highest BCUT2D eigenvalue weighted by atomic mass is 19.1. The molecule has 26 heavy (non-hydrogen) atoms. The number of amides is 2. The van der Waals surface area contributed by atoms with E-state index in [1.165, 1.54) is 13.0 Å². The predicted octanol–water partition coefficient (Wildman–Crippen LogP) is 2.92. The van der Waals surface area contributed by atoms with E-state index in [4.69, 9.17) is 0 Å². The lowest BCUT2D eigenvalue weighted by Crippen LogP contribution is -2.27. The van der Waals surface area contributed by atoms with Crippen LogP contribution in [0.1, 0.15) is 29.3 Å². The van der Waals surface area contributed by atoms with Gasteiger partial charge in [-0.15, -0.1) is 0 Å². The monoisotopic (exact) mass is 354 g/mol. The maximum Gasteiger partial charge on any atom is 0.228 e. The molecule has 1 saturated carbocycles. The van der Waals surface area contributed by atoms with Crippen LogP contribution in [0.5, 0.6) is 0 Å². The number of hydrogen-bond acceptors (Lipinski definition) is 3. The van der Waals surface area contributed by atoms with Crippen molar-refractivity contribution in [3.05, 3.63) is 65.5 Å². The lowest BCUT2D eigenvalue weighted by atomic mass is 10.1. The number of benzene rings is 2. The van der Waals surface area contributed by atoms with Gasteiger partial charge in [-0.2, -0.15) is 0 Å². The Morgan fingerprint density at radius 2 is 1.77 bits per heavy atom. The van der Waals surface area contributed by atoms with Gasteiger partial charge in [-0.25, -0.2) is 4.39 Å². The summed E-state index contributed by atoms with van der Waals surface area (Å²) in [4.78, 5) is 35.8. The van der Waals surface area contributed by atoms with Gasteiger partial charge >= 0.3 is 0 Å². The van der Waals surface area contributed by atoms with Crippen LogP contribution in [-0.4, -0.2) is 17.6 Å². The Balaban J connectivity index is 1.52. The minimum atomic E-state index is -0.406. The van der Waals surface area contributed by atoms with Crippen molar-refractivity contribution in [3.8, 4) is 0 Å². The zero-order valence-electron chi connectivity index (χ0n) is 14.3. The fourth-order valence-electron chi connectivity index (χ4n) is 2.78. The number of rotatable bonds is 6. The smallest absolute Gasteiger partial charge is 0.228 e. The molecule has 1 aliphatic carbocycles. The van der Waals surface area contributed by atoms with E-state index in [-0.39, 0.29) is 30.0 Å². The highest BCUT2D eigenvalue weighted by molar-refractivity contribution is 6.01. The molecular formula is C20H19FN2O3. The molecule has 0 bridgehead atoms. The van der Waals surface area contributed by atoms with E-state index < -0.39 is 11.8 Å². The first-order chi connectivity index (χ1) is 12.5. The molecule has 3 rings (SSSR count). The molecule has 2 atom stereocenters. The second-order valence-corrected chi connectivity index (χ2v) is 6.38. The summed E-state index contributed by atoms with van der Waals surface area (Å²) >= 11 is 0. The molecule has 5 nitrogen and oxygen atoms in total. The Bertz CT molecular complexity index is 866. The molecule has 0 heterocycles. The van der Waals surface area contributed by atoms with Crippen LogP contribution in [0, 0.1) is 17.7 Å². The maximum atomic E-state index is 13.6. The SMILES string of the molecule is CC(=O)c1cccc(NC(=O)C2CC2C(=O)NCc2ccccc2F)c1. The fraction of sp³-hybridized carbons (Fsp3) is 0.250. The van der Waals surface area contributed by atoms with Gasteiger partial charge < -0.3 is 10.6 Å². The molecule has 2 unspecified atom stereocenters. The van der Waals surface area contributed by atoms with Crippen LogP contribution in [0.3, 0.4) is 0 Å². The van der Waals surface area contributed by atoms with Crippen molar-refractivity contribution in [2.75, 3.05) is 5.32 Å². The van der Waals surface area contributed by atoms with Crippen LogP contribution in [0.15, 0.2) is 48.5 Å². The fourth-order valence-corrected chi connectivity index (χ4v) is 2.78. The Kier molecular flexibility index (Phi) is 5.11. The Hall–Kier alpha value is -3.02. The molecule has 0 radical (unpaired) electrons. The summed E-state index contributed by atoms with van der Waals surface area (Å²) in [5.74, 6) is -1.78. The Labute approximate surface area is 150 Å². The van der Waals surface area contributed by atoms with Crippen LogP contribution in [0.25, 0.3) is 0 Å². The van der Waals surface area contributed by atoms with E-state index in [1.807, 2.05) is 0 Å².